The molecule has 0 spiro atoms. The maximum Gasteiger partial charge on any atom is 0.0534 e. The van der Waals surface area contributed by atoms with Gasteiger partial charge in [0.1, 0.15) is 0 Å². The first-order valence-corrected chi connectivity index (χ1v) is 7.53. The van der Waals surface area contributed by atoms with Gasteiger partial charge in [-0.1, -0.05) is 13.8 Å². The lowest BCUT2D eigenvalue weighted by Gasteiger charge is -2.38. The number of hydrogen-bond acceptors (Lipinski definition) is 3. The summed E-state index contributed by atoms with van der Waals surface area (Å²) in [6, 6.07) is 0.637. The van der Waals surface area contributed by atoms with E-state index in [1.54, 1.807) is 0 Å². The highest BCUT2D eigenvalue weighted by atomic mass is 32.2. The third kappa shape index (κ3) is 3.49. The van der Waals surface area contributed by atoms with E-state index in [2.05, 4.69) is 49.1 Å². The topological polar surface area (TPSA) is 29.9 Å². The van der Waals surface area contributed by atoms with Crippen LogP contribution < -0.4 is 5.32 Å². The summed E-state index contributed by atoms with van der Waals surface area (Å²) < 4.78 is 2.02. The zero-order valence-corrected chi connectivity index (χ0v) is 11.9. The van der Waals surface area contributed by atoms with Gasteiger partial charge in [0.15, 0.2) is 0 Å². The first-order chi connectivity index (χ1) is 8.08. The fraction of sp³-hybridized carbons (Fsp3) is 0.769. The van der Waals surface area contributed by atoms with Crippen LogP contribution in [-0.2, 0) is 6.54 Å². The molecule has 1 atom stereocenters. The Morgan fingerprint density at radius 1 is 1.59 bits per heavy atom. The SMILES string of the molecule is Cc1cnn(CCNC2CSCCC2(C)C)c1. The predicted molar refractivity (Wildman–Crippen MR) is 74.5 cm³/mol. The summed E-state index contributed by atoms with van der Waals surface area (Å²) in [4.78, 5) is 0. The first-order valence-electron chi connectivity index (χ1n) is 6.38. The van der Waals surface area contributed by atoms with Crippen LogP contribution in [0.15, 0.2) is 12.4 Å². The van der Waals surface area contributed by atoms with Gasteiger partial charge < -0.3 is 5.32 Å². The minimum Gasteiger partial charge on any atom is -0.311 e. The Hall–Kier alpha value is -0.480. The van der Waals surface area contributed by atoms with Gasteiger partial charge in [0.2, 0.25) is 0 Å². The van der Waals surface area contributed by atoms with E-state index in [9.17, 15) is 0 Å². The molecule has 2 heterocycles. The molecule has 1 aliphatic rings. The minimum atomic E-state index is 0.436. The Labute approximate surface area is 108 Å². The van der Waals surface area contributed by atoms with Crippen molar-refractivity contribution in [1.29, 1.82) is 0 Å². The molecular weight excluding hydrogens is 230 g/mol. The van der Waals surface area contributed by atoms with E-state index < -0.39 is 0 Å². The van der Waals surface area contributed by atoms with Crippen LogP contribution >= 0.6 is 11.8 Å². The van der Waals surface area contributed by atoms with Crippen molar-refractivity contribution in [3.8, 4) is 0 Å². The second kappa shape index (κ2) is 5.44. The van der Waals surface area contributed by atoms with Crippen LogP contribution in [0.2, 0.25) is 0 Å². The largest absolute Gasteiger partial charge is 0.311 e. The lowest BCUT2D eigenvalue weighted by Crippen LogP contribution is -2.47. The van der Waals surface area contributed by atoms with E-state index in [1.165, 1.54) is 23.5 Å². The molecule has 0 saturated carbocycles. The van der Waals surface area contributed by atoms with Crippen LogP contribution in [0.1, 0.15) is 25.8 Å². The van der Waals surface area contributed by atoms with Crippen molar-refractivity contribution >= 4 is 11.8 Å². The Kier molecular flexibility index (Phi) is 4.15. The molecule has 1 N–H and O–H groups in total. The van der Waals surface area contributed by atoms with Crippen LogP contribution in [0.4, 0.5) is 0 Å². The van der Waals surface area contributed by atoms with Gasteiger partial charge in [-0.25, -0.2) is 0 Å². The normalized spacial score (nSPS) is 23.8. The Bertz CT molecular complexity index is 359. The summed E-state index contributed by atoms with van der Waals surface area (Å²) in [7, 11) is 0. The molecule has 0 aliphatic carbocycles. The van der Waals surface area contributed by atoms with Crippen molar-refractivity contribution in [1.82, 2.24) is 15.1 Å². The van der Waals surface area contributed by atoms with Crippen molar-refractivity contribution in [2.24, 2.45) is 5.41 Å². The van der Waals surface area contributed by atoms with Crippen LogP contribution in [0.3, 0.4) is 0 Å². The lowest BCUT2D eigenvalue weighted by atomic mass is 9.82. The third-order valence-corrected chi connectivity index (χ3v) is 4.67. The molecule has 1 saturated heterocycles. The molecule has 0 radical (unpaired) electrons. The summed E-state index contributed by atoms with van der Waals surface area (Å²) in [5, 5.41) is 7.99. The molecule has 17 heavy (non-hydrogen) atoms. The van der Waals surface area contributed by atoms with Crippen molar-refractivity contribution in [2.45, 2.75) is 39.8 Å². The second-order valence-electron chi connectivity index (χ2n) is 5.60. The summed E-state index contributed by atoms with van der Waals surface area (Å²) in [6.45, 7) is 8.81. The average Bonchev–Trinajstić information content (AvgIpc) is 2.67. The Morgan fingerprint density at radius 3 is 3.06 bits per heavy atom. The smallest absolute Gasteiger partial charge is 0.0534 e. The molecule has 0 amide bonds. The summed E-state index contributed by atoms with van der Waals surface area (Å²) in [5.74, 6) is 2.55. The highest BCUT2D eigenvalue weighted by Crippen LogP contribution is 2.33. The number of aromatic nitrogens is 2. The quantitative estimate of drug-likeness (QED) is 0.893. The van der Waals surface area contributed by atoms with Gasteiger partial charge in [0.05, 0.1) is 12.7 Å². The van der Waals surface area contributed by atoms with Gasteiger partial charge in [-0.2, -0.15) is 16.9 Å². The van der Waals surface area contributed by atoms with Crippen molar-refractivity contribution in [3.05, 3.63) is 18.0 Å². The number of rotatable bonds is 4. The number of thioether (sulfide) groups is 1. The maximum absolute atomic E-state index is 4.31. The number of nitrogens with one attached hydrogen (secondary N) is 1. The Balaban J connectivity index is 1.77. The van der Waals surface area contributed by atoms with E-state index in [1.807, 2.05) is 10.9 Å². The molecule has 1 aromatic rings. The number of hydrogen-bond donors (Lipinski definition) is 1. The van der Waals surface area contributed by atoms with Gasteiger partial charge in [-0.15, -0.1) is 0 Å². The monoisotopic (exact) mass is 253 g/mol. The van der Waals surface area contributed by atoms with Crippen molar-refractivity contribution < 1.29 is 0 Å². The molecule has 0 aromatic carbocycles. The maximum atomic E-state index is 4.31. The molecule has 1 fully saturated rings. The molecule has 1 aliphatic heterocycles. The van der Waals surface area contributed by atoms with E-state index in [0.717, 1.165) is 13.1 Å². The van der Waals surface area contributed by atoms with Gasteiger partial charge in [0, 0.05) is 24.5 Å². The van der Waals surface area contributed by atoms with Crippen LogP contribution in [0, 0.1) is 12.3 Å². The number of aryl methyl sites for hydroxylation is 1. The molecule has 4 heteroatoms. The Morgan fingerprint density at radius 2 is 2.41 bits per heavy atom. The summed E-state index contributed by atoms with van der Waals surface area (Å²) in [5.41, 5.74) is 1.67. The molecule has 1 aromatic heterocycles. The molecule has 96 valence electrons. The average molecular weight is 253 g/mol. The van der Waals surface area contributed by atoms with Gasteiger partial charge >= 0.3 is 0 Å². The van der Waals surface area contributed by atoms with Gasteiger partial charge in [0.25, 0.3) is 0 Å². The second-order valence-corrected chi connectivity index (χ2v) is 6.75. The van der Waals surface area contributed by atoms with Gasteiger partial charge in [-0.3, -0.25) is 4.68 Å². The van der Waals surface area contributed by atoms with E-state index in [0.29, 0.717) is 11.5 Å². The van der Waals surface area contributed by atoms with Crippen molar-refractivity contribution in [2.75, 3.05) is 18.1 Å². The minimum absolute atomic E-state index is 0.436. The molecule has 0 bridgehead atoms. The van der Waals surface area contributed by atoms with Gasteiger partial charge in [-0.05, 0) is 30.1 Å². The third-order valence-electron chi connectivity index (χ3n) is 3.61. The highest BCUT2D eigenvalue weighted by molar-refractivity contribution is 7.99. The fourth-order valence-electron chi connectivity index (χ4n) is 2.21. The van der Waals surface area contributed by atoms with E-state index in [-0.39, 0.29) is 0 Å². The lowest BCUT2D eigenvalue weighted by molar-refractivity contribution is 0.243. The molecule has 1 unspecified atom stereocenters. The fourth-order valence-corrected chi connectivity index (χ4v) is 3.86. The summed E-state index contributed by atoms with van der Waals surface area (Å²) in [6.07, 6.45) is 5.33. The molecule has 2 rings (SSSR count). The van der Waals surface area contributed by atoms with Crippen LogP contribution in [0.5, 0.6) is 0 Å². The highest BCUT2D eigenvalue weighted by Gasteiger charge is 2.31. The molecular formula is C13H23N3S. The van der Waals surface area contributed by atoms with E-state index >= 15 is 0 Å². The zero-order chi connectivity index (χ0) is 12.3. The predicted octanol–water partition coefficient (Wildman–Crippen LogP) is 2.31. The van der Waals surface area contributed by atoms with Crippen molar-refractivity contribution in [3.63, 3.8) is 0 Å². The first kappa shape index (κ1) is 13.0. The number of nitrogens with zero attached hydrogens (tertiary/aromatic N) is 2. The van der Waals surface area contributed by atoms with E-state index in [4.69, 9.17) is 0 Å². The van der Waals surface area contributed by atoms with Crippen LogP contribution in [-0.4, -0.2) is 33.9 Å². The molecule has 3 nitrogen and oxygen atoms in total. The zero-order valence-electron chi connectivity index (χ0n) is 11.1. The van der Waals surface area contributed by atoms with Crippen LogP contribution in [0.25, 0.3) is 0 Å². The summed E-state index contributed by atoms with van der Waals surface area (Å²) >= 11 is 2.07. The standard InChI is InChI=1S/C13H23N3S/c1-11-8-15-16(9-11)6-5-14-12-10-17-7-4-13(12,2)3/h8-9,12,14H,4-7,10H2,1-3H3.